The molecule has 1 N–H and O–H groups in total. The van der Waals surface area contributed by atoms with Gasteiger partial charge in [-0.05, 0) is 51.7 Å². The number of nitrogens with one attached hydrogen (secondary N) is 1. The number of ether oxygens (including phenoxy) is 2. The van der Waals surface area contributed by atoms with Gasteiger partial charge < -0.3 is 19.7 Å². The molecular formula is C20H25N3O4. The Morgan fingerprint density at radius 3 is 2.70 bits per heavy atom. The van der Waals surface area contributed by atoms with Crippen LogP contribution in [0.3, 0.4) is 0 Å². The molecule has 144 valence electrons. The number of ketones is 1. The zero-order valence-corrected chi connectivity index (χ0v) is 16.1. The maximum Gasteiger partial charge on any atom is 0.250 e. The van der Waals surface area contributed by atoms with Gasteiger partial charge in [0, 0.05) is 24.4 Å². The molecule has 0 aromatic heterocycles. The number of Topliss-reactive ketones (excluding diaryl/α,β-unsaturated/α-hetero) is 1. The number of fused-ring (bicyclic) bond motifs is 1. The van der Waals surface area contributed by atoms with E-state index in [1.165, 1.54) is 0 Å². The van der Waals surface area contributed by atoms with Gasteiger partial charge in [-0.3, -0.25) is 14.5 Å². The minimum absolute atomic E-state index is 0.0450. The molecule has 7 nitrogen and oxygen atoms in total. The minimum atomic E-state index is -0.413. The summed E-state index contributed by atoms with van der Waals surface area (Å²) in [5.41, 5.74) is 1.24. The second kappa shape index (κ2) is 7.84. The molecule has 0 saturated heterocycles. The van der Waals surface area contributed by atoms with Gasteiger partial charge in [-0.1, -0.05) is 6.08 Å². The number of carbonyl (C=O) groups excluding carboxylic acids is 2. The van der Waals surface area contributed by atoms with E-state index in [-0.39, 0.29) is 24.6 Å². The zero-order chi connectivity index (χ0) is 19.6. The number of likely N-dealkylation sites (N-methyl/N-ethyl adjacent to an activating group) is 1. The maximum absolute atomic E-state index is 12.8. The van der Waals surface area contributed by atoms with Crippen LogP contribution in [0, 0.1) is 0 Å². The fraction of sp³-hybridized carbons (Fsp3) is 0.400. The van der Waals surface area contributed by atoms with E-state index < -0.39 is 6.04 Å². The van der Waals surface area contributed by atoms with Crippen LogP contribution in [-0.4, -0.2) is 54.6 Å². The first-order chi connectivity index (χ1) is 12.9. The zero-order valence-electron chi connectivity index (χ0n) is 16.1. The number of carbonyl (C=O) groups is 2. The van der Waals surface area contributed by atoms with Crippen LogP contribution in [0.4, 0.5) is 0 Å². The quantitative estimate of drug-likeness (QED) is 0.610. The lowest BCUT2D eigenvalue weighted by Crippen LogP contribution is -2.50. The van der Waals surface area contributed by atoms with Gasteiger partial charge in [0.2, 0.25) is 12.7 Å². The van der Waals surface area contributed by atoms with Gasteiger partial charge in [0.15, 0.2) is 17.3 Å². The van der Waals surface area contributed by atoms with Crippen molar-refractivity contribution >= 4 is 11.7 Å². The third kappa shape index (κ3) is 4.14. The molecule has 2 heterocycles. The molecule has 1 aromatic rings. The molecule has 0 saturated carbocycles. The SMILES string of the molecule is CC(NC(=O)C1=CN(C)C=CC1)N(C)C(C)C(=O)c1ccc2c(c1)OCO2. The van der Waals surface area contributed by atoms with Gasteiger partial charge in [0.05, 0.1) is 12.2 Å². The number of allylic oxidation sites excluding steroid dienone is 1. The summed E-state index contributed by atoms with van der Waals surface area (Å²) in [6.07, 6.45) is 5.96. The van der Waals surface area contributed by atoms with E-state index in [0.717, 1.165) is 0 Å². The topological polar surface area (TPSA) is 71.1 Å². The van der Waals surface area contributed by atoms with Crippen LogP contribution in [-0.2, 0) is 4.79 Å². The van der Waals surface area contributed by atoms with Crippen LogP contribution in [0.2, 0.25) is 0 Å². The Balaban J connectivity index is 1.62. The Morgan fingerprint density at radius 1 is 1.22 bits per heavy atom. The van der Waals surface area contributed by atoms with Crippen molar-refractivity contribution in [2.45, 2.75) is 32.5 Å². The van der Waals surface area contributed by atoms with E-state index in [1.54, 1.807) is 18.2 Å². The average molecular weight is 371 g/mol. The van der Waals surface area contributed by atoms with Crippen LogP contribution in [0.1, 0.15) is 30.6 Å². The highest BCUT2D eigenvalue weighted by atomic mass is 16.7. The Hall–Kier alpha value is -2.80. The van der Waals surface area contributed by atoms with Gasteiger partial charge in [-0.15, -0.1) is 0 Å². The normalized spacial score (nSPS) is 17.5. The molecule has 0 spiro atoms. The smallest absolute Gasteiger partial charge is 0.250 e. The first-order valence-corrected chi connectivity index (χ1v) is 8.92. The van der Waals surface area contributed by atoms with Crippen molar-refractivity contribution in [3.05, 3.63) is 47.8 Å². The van der Waals surface area contributed by atoms with Crippen molar-refractivity contribution in [2.75, 3.05) is 20.9 Å². The maximum atomic E-state index is 12.8. The van der Waals surface area contributed by atoms with E-state index >= 15 is 0 Å². The second-order valence-corrected chi connectivity index (χ2v) is 6.83. The molecule has 7 heteroatoms. The highest BCUT2D eigenvalue weighted by Gasteiger charge is 2.26. The summed E-state index contributed by atoms with van der Waals surface area (Å²) in [6.45, 7) is 3.86. The number of hydrogen-bond acceptors (Lipinski definition) is 6. The Bertz CT molecular complexity index is 802. The molecule has 3 rings (SSSR count). The van der Waals surface area contributed by atoms with E-state index in [4.69, 9.17) is 9.47 Å². The summed E-state index contributed by atoms with van der Waals surface area (Å²) in [5.74, 6) is 1.05. The summed E-state index contributed by atoms with van der Waals surface area (Å²) in [6, 6.07) is 4.77. The summed E-state index contributed by atoms with van der Waals surface area (Å²) >= 11 is 0. The number of amides is 1. The number of nitrogens with zero attached hydrogens (tertiary/aromatic N) is 2. The predicted molar refractivity (Wildman–Crippen MR) is 101 cm³/mol. The molecule has 0 radical (unpaired) electrons. The summed E-state index contributed by atoms with van der Waals surface area (Å²) in [7, 11) is 3.70. The van der Waals surface area contributed by atoms with Crippen molar-refractivity contribution in [2.24, 2.45) is 0 Å². The lowest BCUT2D eigenvalue weighted by molar-refractivity contribution is -0.119. The molecule has 2 unspecified atom stereocenters. The third-order valence-electron chi connectivity index (χ3n) is 4.93. The molecule has 0 fully saturated rings. The number of rotatable bonds is 6. The van der Waals surface area contributed by atoms with Crippen molar-refractivity contribution < 1.29 is 19.1 Å². The molecule has 1 amide bonds. The largest absolute Gasteiger partial charge is 0.454 e. The van der Waals surface area contributed by atoms with Crippen LogP contribution in [0.5, 0.6) is 11.5 Å². The predicted octanol–water partition coefficient (Wildman–Crippen LogP) is 2.11. The molecule has 27 heavy (non-hydrogen) atoms. The number of benzene rings is 1. The van der Waals surface area contributed by atoms with E-state index in [2.05, 4.69) is 5.32 Å². The Morgan fingerprint density at radius 2 is 1.96 bits per heavy atom. The highest BCUT2D eigenvalue weighted by molar-refractivity contribution is 6.00. The molecule has 2 aliphatic rings. The molecule has 0 aliphatic carbocycles. The lowest BCUT2D eigenvalue weighted by atomic mass is 10.0. The van der Waals surface area contributed by atoms with Gasteiger partial charge in [0.1, 0.15) is 0 Å². The van der Waals surface area contributed by atoms with Crippen LogP contribution >= 0.6 is 0 Å². The molecule has 1 aromatic carbocycles. The molecular weight excluding hydrogens is 346 g/mol. The summed E-state index contributed by atoms with van der Waals surface area (Å²) < 4.78 is 10.6. The molecule has 2 aliphatic heterocycles. The van der Waals surface area contributed by atoms with E-state index in [0.29, 0.717) is 29.1 Å². The summed E-state index contributed by atoms with van der Waals surface area (Å²) in [5, 5.41) is 2.96. The van der Waals surface area contributed by atoms with Crippen LogP contribution < -0.4 is 14.8 Å². The van der Waals surface area contributed by atoms with Gasteiger partial charge >= 0.3 is 0 Å². The van der Waals surface area contributed by atoms with E-state index in [9.17, 15) is 9.59 Å². The second-order valence-electron chi connectivity index (χ2n) is 6.83. The minimum Gasteiger partial charge on any atom is -0.454 e. The molecule has 2 atom stereocenters. The monoisotopic (exact) mass is 371 g/mol. The van der Waals surface area contributed by atoms with Crippen LogP contribution in [0.15, 0.2) is 42.2 Å². The lowest BCUT2D eigenvalue weighted by Gasteiger charge is -2.31. The van der Waals surface area contributed by atoms with Crippen molar-refractivity contribution in [1.29, 1.82) is 0 Å². The fourth-order valence-electron chi connectivity index (χ4n) is 3.03. The van der Waals surface area contributed by atoms with Gasteiger partial charge in [-0.2, -0.15) is 0 Å². The highest BCUT2D eigenvalue weighted by Crippen LogP contribution is 2.33. The van der Waals surface area contributed by atoms with Gasteiger partial charge in [0.25, 0.3) is 0 Å². The standard InChI is InChI=1S/C20H25N3O4/c1-13(19(24)15-7-8-17-18(10-15)27-12-26-17)23(4)14(2)21-20(25)16-6-5-9-22(3)11-16/h5,7-11,13-14H,6,12H2,1-4H3,(H,21,25). The van der Waals surface area contributed by atoms with Crippen molar-refractivity contribution in [1.82, 2.24) is 15.1 Å². The van der Waals surface area contributed by atoms with Crippen LogP contribution in [0.25, 0.3) is 0 Å². The third-order valence-corrected chi connectivity index (χ3v) is 4.93. The first kappa shape index (κ1) is 19.0. The van der Waals surface area contributed by atoms with E-state index in [1.807, 2.05) is 56.2 Å². The Labute approximate surface area is 159 Å². The summed E-state index contributed by atoms with van der Waals surface area (Å²) in [4.78, 5) is 29.0. The first-order valence-electron chi connectivity index (χ1n) is 8.92. The van der Waals surface area contributed by atoms with Crippen molar-refractivity contribution in [3.8, 4) is 11.5 Å². The average Bonchev–Trinajstić information content (AvgIpc) is 3.13. The molecule has 0 bridgehead atoms. The number of hydrogen-bond donors (Lipinski definition) is 1. The Kier molecular flexibility index (Phi) is 5.51. The van der Waals surface area contributed by atoms with Crippen molar-refractivity contribution in [3.63, 3.8) is 0 Å². The van der Waals surface area contributed by atoms with Gasteiger partial charge in [-0.25, -0.2) is 0 Å². The fourth-order valence-corrected chi connectivity index (χ4v) is 3.03.